The summed E-state index contributed by atoms with van der Waals surface area (Å²) < 4.78 is 5.71. The first kappa shape index (κ1) is 14.5. The summed E-state index contributed by atoms with van der Waals surface area (Å²) in [7, 11) is 1.51. The minimum absolute atomic E-state index is 0.0252. The van der Waals surface area contributed by atoms with E-state index in [0.29, 0.717) is 11.5 Å². The van der Waals surface area contributed by atoms with Crippen LogP contribution >= 0.6 is 11.6 Å². The molecule has 0 aliphatic carbocycles. The van der Waals surface area contributed by atoms with Crippen LogP contribution < -0.4 is 0 Å². The van der Waals surface area contributed by atoms with E-state index in [9.17, 15) is 9.59 Å². The lowest BCUT2D eigenvalue weighted by Crippen LogP contribution is -2.39. The van der Waals surface area contributed by atoms with Crippen LogP contribution in [0.3, 0.4) is 0 Å². The van der Waals surface area contributed by atoms with Crippen molar-refractivity contribution in [1.29, 1.82) is 0 Å². The number of alkyl halides is 1. The van der Waals surface area contributed by atoms with Crippen LogP contribution in [0.4, 0.5) is 0 Å². The van der Waals surface area contributed by atoms with Crippen molar-refractivity contribution in [1.82, 2.24) is 4.90 Å². The molecule has 5 heteroatoms. The van der Waals surface area contributed by atoms with Gasteiger partial charge in [0.1, 0.15) is 0 Å². The molecule has 3 unspecified atom stereocenters. The number of hydrogen-bond donors (Lipinski definition) is 0. The maximum Gasteiger partial charge on any atom is 0.260 e. The van der Waals surface area contributed by atoms with Gasteiger partial charge in [-0.1, -0.05) is 19.1 Å². The number of ether oxygens (including phenoxy) is 1. The van der Waals surface area contributed by atoms with Gasteiger partial charge in [0.15, 0.2) is 0 Å². The summed E-state index contributed by atoms with van der Waals surface area (Å²) in [6, 6.07) is 5.55. The third kappa shape index (κ3) is 2.47. The van der Waals surface area contributed by atoms with Gasteiger partial charge in [-0.25, -0.2) is 0 Å². The zero-order chi connectivity index (χ0) is 15.1. The number of nitrogens with zero attached hydrogens (tertiary/aromatic N) is 1. The van der Waals surface area contributed by atoms with Crippen molar-refractivity contribution >= 4 is 23.4 Å². The molecule has 2 heterocycles. The second kappa shape index (κ2) is 5.43. The number of fused-ring (bicyclic) bond motifs is 1. The Bertz CT molecular complexity index is 601. The third-order valence-electron chi connectivity index (χ3n) is 4.44. The first-order chi connectivity index (χ1) is 9.99. The van der Waals surface area contributed by atoms with Gasteiger partial charge in [0.05, 0.1) is 17.9 Å². The molecule has 0 N–H and O–H groups in total. The van der Waals surface area contributed by atoms with Crippen LogP contribution in [0.25, 0.3) is 0 Å². The average Bonchev–Trinajstić information content (AvgIpc) is 2.90. The van der Waals surface area contributed by atoms with Gasteiger partial charge in [-0.15, -0.1) is 11.6 Å². The SMILES string of the molecule is CC1CCOC1C(Cl)c1ccc2c(c1)C(=O)N(C)C(=O)C2. The van der Waals surface area contributed by atoms with E-state index >= 15 is 0 Å². The summed E-state index contributed by atoms with van der Waals surface area (Å²) in [6.45, 7) is 2.86. The zero-order valence-corrected chi connectivity index (χ0v) is 12.9. The highest BCUT2D eigenvalue weighted by Gasteiger charge is 2.34. The molecule has 1 saturated heterocycles. The van der Waals surface area contributed by atoms with Crippen molar-refractivity contribution in [3.63, 3.8) is 0 Å². The molecule has 0 saturated carbocycles. The highest BCUT2D eigenvalue weighted by atomic mass is 35.5. The summed E-state index contributed by atoms with van der Waals surface area (Å²) in [5.41, 5.74) is 2.23. The normalized spacial score (nSPS) is 26.9. The minimum atomic E-state index is -0.275. The Morgan fingerprint density at radius 1 is 1.38 bits per heavy atom. The summed E-state index contributed by atoms with van der Waals surface area (Å²) in [5.74, 6) is -0.0220. The van der Waals surface area contributed by atoms with Crippen molar-refractivity contribution in [2.45, 2.75) is 31.2 Å². The van der Waals surface area contributed by atoms with E-state index in [1.54, 1.807) is 0 Å². The standard InChI is InChI=1S/C16H18ClNO3/c1-9-5-6-21-15(9)14(17)11-4-3-10-8-13(19)18(2)16(20)12(10)7-11/h3-4,7,9,14-15H,5-6,8H2,1-2H3. The molecule has 2 aliphatic heterocycles. The van der Waals surface area contributed by atoms with E-state index < -0.39 is 0 Å². The Morgan fingerprint density at radius 2 is 2.14 bits per heavy atom. The zero-order valence-electron chi connectivity index (χ0n) is 12.1. The van der Waals surface area contributed by atoms with Crippen LogP contribution in [0.1, 0.15) is 40.2 Å². The molecular formula is C16H18ClNO3. The van der Waals surface area contributed by atoms with Crippen molar-refractivity contribution in [2.24, 2.45) is 5.92 Å². The number of rotatable bonds is 2. The molecule has 1 aromatic carbocycles. The molecule has 112 valence electrons. The molecule has 1 aromatic rings. The summed E-state index contributed by atoms with van der Waals surface area (Å²) in [5, 5.41) is -0.275. The van der Waals surface area contributed by atoms with Gasteiger partial charge in [-0.05, 0) is 29.5 Å². The monoisotopic (exact) mass is 307 g/mol. The van der Waals surface area contributed by atoms with E-state index in [1.807, 2.05) is 18.2 Å². The maximum atomic E-state index is 12.2. The van der Waals surface area contributed by atoms with Crippen LogP contribution in [0, 0.1) is 5.92 Å². The minimum Gasteiger partial charge on any atom is -0.376 e. The van der Waals surface area contributed by atoms with E-state index in [4.69, 9.17) is 16.3 Å². The van der Waals surface area contributed by atoms with Gasteiger partial charge in [0.2, 0.25) is 5.91 Å². The Hall–Kier alpha value is -1.39. The number of imide groups is 1. The lowest BCUT2D eigenvalue weighted by molar-refractivity contribution is -0.127. The van der Waals surface area contributed by atoms with Gasteiger partial charge in [0, 0.05) is 19.2 Å². The molecule has 21 heavy (non-hydrogen) atoms. The smallest absolute Gasteiger partial charge is 0.260 e. The van der Waals surface area contributed by atoms with Crippen molar-refractivity contribution in [3.05, 3.63) is 34.9 Å². The molecule has 4 nitrogen and oxygen atoms in total. The second-order valence-electron chi connectivity index (χ2n) is 5.85. The van der Waals surface area contributed by atoms with Crippen LogP contribution in [0.2, 0.25) is 0 Å². The predicted molar refractivity (Wildman–Crippen MR) is 79.4 cm³/mol. The molecule has 3 atom stereocenters. The summed E-state index contributed by atoms with van der Waals surface area (Å²) >= 11 is 6.55. The molecule has 0 bridgehead atoms. The Balaban J connectivity index is 1.92. The summed E-state index contributed by atoms with van der Waals surface area (Å²) in [6.07, 6.45) is 1.25. The molecular weight excluding hydrogens is 290 g/mol. The van der Waals surface area contributed by atoms with E-state index in [0.717, 1.165) is 24.2 Å². The third-order valence-corrected chi connectivity index (χ3v) is 4.94. The number of carbonyl (C=O) groups excluding carboxylic acids is 2. The quantitative estimate of drug-likeness (QED) is 0.623. The second-order valence-corrected chi connectivity index (χ2v) is 6.32. The van der Waals surface area contributed by atoms with Crippen LogP contribution in [-0.4, -0.2) is 36.5 Å². The van der Waals surface area contributed by atoms with Crippen LogP contribution in [0.5, 0.6) is 0 Å². The van der Waals surface area contributed by atoms with Gasteiger partial charge in [-0.2, -0.15) is 0 Å². The predicted octanol–water partition coefficient (Wildman–Crippen LogP) is 2.55. The number of likely N-dealkylation sites (N-methyl/N-ethyl adjacent to an activating group) is 1. The maximum absolute atomic E-state index is 12.2. The Morgan fingerprint density at radius 3 is 2.81 bits per heavy atom. The van der Waals surface area contributed by atoms with Crippen molar-refractivity contribution in [3.8, 4) is 0 Å². The lowest BCUT2D eigenvalue weighted by Gasteiger charge is -2.26. The van der Waals surface area contributed by atoms with Gasteiger partial charge >= 0.3 is 0 Å². The average molecular weight is 308 g/mol. The van der Waals surface area contributed by atoms with Gasteiger partial charge < -0.3 is 4.74 Å². The van der Waals surface area contributed by atoms with Gasteiger partial charge in [0.25, 0.3) is 5.91 Å². The van der Waals surface area contributed by atoms with Gasteiger partial charge in [-0.3, -0.25) is 14.5 Å². The van der Waals surface area contributed by atoms with Crippen molar-refractivity contribution in [2.75, 3.05) is 13.7 Å². The summed E-state index contributed by atoms with van der Waals surface area (Å²) in [4.78, 5) is 25.1. The molecule has 1 fully saturated rings. The van der Waals surface area contributed by atoms with E-state index in [-0.39, 0.29) is 29.7 Å². The fourth-order valence-corrected chi connectivity index (χ4v) is 3.43. The molecule has 0 radical (unpaired) electrons. The molecule has 2 amide bonds. The molecule has 3 rings (SSSR count). The van der Waals surface area contributed by atoms with Crippen LogP contribution in [-0.2, 0) is 16.0 Å². The topological polar surface area (TPSA) is 46.6 Å². The number of halogens is 1. The fourth-order valence-electron chi connectivity index (χ4n) is 2.98. The number of carbonyl (C=O) groups is 2. The number of amides is 2. The molecule has 0 aromatic heterocycles. The largest absolute Gasteiger partial charge is 0.376 e. The van der Waals surface area contributed by atoms with E-state index in [1.165, 1.54) is 11.9 Å². The fraction of sp³-hybridized carbons (Fsp3) is 0.500. The Labute approximate surface area is 129 Å². The highest BCUT2D eigenvalue weighted by Crippen LogP contribution is 2.36. The molecule has 0 spiro atoms. The number of benzene rings is 1. The van der Waals surface area contributed by atoms with Crippen LogP contribution in [0.15, 0.2) is 18.2 Å². The van der Waals surface area contributed by atoms with E-state index in [2.05, 4.69) is 6.92 Å². The lowest BCUT2D eigenvalue weighted by atomic mass is 9.92. The first-order valence-electron chi connectivity index (χ1n) is 7.18. The molecule has 2 aliphatic rings. The first-order valence-corrected chi connectivity index (χ1v) is 7.62. The van der Waals surface area contributed by atoms with Crippen molar-refractivity contribution < 1.29 is 14.3 Å². The highest BCUT2D eigenvalue weighted by molar-refractivity contribution is 6.21. The number of hydrogen-bond acceptors (Lipinski definition) is 3. The Kier molecular flexibility index (Phi) is 3.76.